The van der Waals surface area contributed by atoms with E-state index < -0.39 is 5.97 Å². The van der Waals surface area contributed by atoms with Gasteiger partial charge in [-0.05, 0) is 31.7 Å². The van der Waals surface area contributed by atoms with E-state index in [1.807, 2.05) is 38.3 Å². The number of carboxylic acid groups (broad SMARTS) is 1. The van der Waals surface area contributed by atoms with Crippen LogP contribution in [0.3, 0.4) is 0 Å². The van der Waals surface area contributed by atoms with Crippen molar-refractivity contribution >= 4 is 23.4 Å². The molecule has 1 N–H and O–H groups in total. The van der Waals surface area contributed by atoms with E-state index in [0.717, 1.165) is 11.3 Å². The molecule has 1 aromatic carbocycles. The topological polar surface area (TPSA) is 64.3 Å². The molecule has 0 aliphatic carbocycles. The van der Waals surface area contributed by atoms with Crippen LogP contribution in [0.1, 0.15) is 25.8 Å². The predicted octanol–water partition coefficient (Wildman–Crippen LogP) is 2.97. The molecule has 0 amide bonds. The number of carboxylic acids is 1. The van der Waals surface area contributed by atoms with Crippen molar-refractivity contribution < 1.29 is 9.90 Å². The largest absolute Gasteiger partial charge is 0.480 e. The lowest BCUT2D eigenvalue weighted by molar-refractivity contribution is -0.135. The van der Waals surface area contributed by atoms with Crippen molar-refractivity contribution in [3.8, 4) is 6.07 Å². The van der Waals surface area contributed by atoms with E-state index in [1.165, 1.54) is 11.8 Å². The third-order valence-corrected chi connectivity index (χ3v) is 3.85. The summed E-state index contributed by atoms with van der Waals surface area (Å²) >= 11 is 1.49. The first-order chi connectivity index (χ1) is 9.04. The highest BCUT2D eigenvalue weighted by Gasteiger charge is 2.20. The van der Waals surface area contributed by atoms with Gasteiger partial charge in [-0.25, -0.2) is 0 Å². The normalized spacial score (nSPS) is 11.7. The molecule has 0 fully saturated rings. The van der Waals surface area contributed by atoms with E-state index in [9.17, 15) is 10.1 Å². The first kappa shape index (κ1) is 15.4. The van der Waals surface area contributed by atoms with Crippen molar-refractivity contribution in [3.63, 3.8) is 0 Å². The summed E-state index contributed by atoms with van der Waals surface area (Å²) in [5, 5.41) is 18.4. The highest BCUT2D eigenvalue weighted by molar-refractivity contribution is 7.98. The summed E-state index contributed by atoms with van der Waals surface area (Å²) in [7, 11) is 0. The summed E-state index contributed by atoms with van der Waals surface area (Å²) < 4.78 is 0. The molecule has 0 heterocycles. The second-order valence-corrected chi connectivity index (χ2v) is 5.09. The Balaban J connectivity index is 3.29. The van der Waals surface area contributed by atoms with Gasteiger partial charge in [-0.3, -0.25) is 4.79 Å². The van der Waals surface area contributed by atoms with Gasteiger partial charge in [0.25, 0.3) is 0 Å². The summed E-state index contributed by atoms with van der Waals surface area (Å²) in [6, 6.07) is 7.81. The molecule has 1 rings (SSSR count). The molecular weight excluding hydrogens is 260 g/mol. The Morgan fingerprint density at radius 3 is 2.74 bits per heavy atom. The van der Waals surface area contributed by atoms with E-state index in [0.29, 0.717) is 11.3 Å². The van der Waals surface area contributed by atoms with Crippen LogP contribution in [0.5, 0.6) is 0 Å². The molecule has 0 aliphatic rings. The molecule has 0 aromatic heterocycles. The van der Waals surface area contributed by atoms with Gasteiger partial charge in [0.1, 0.15) is 12.6 Å². The van der Waals surface area contributed by atoms with Gasteiger partial charge >= 0.3 is 5.97 Å². The minimum atomic E-state index is -0.890. The summed E-state index contributed by atoms with van der Waals surface area (Å²) in [6.07, 6.45) is 2.73. The fourth-order valence-corrected chi connectivity index (χ4v) is 2.45. The quantitative estimate of drug-likeness (QED) is 0.810. The van der Waals surface area contributed by atoms with Crippen LogP contribution in [0.4, 0.5) is 5.69 Å². The lowest BCUT2D eigenvalue weighted by Crippen LogP contribution is -2.37. The van der Waals surface area contributed by atoms with Crippen LogP contribution in [0.2, 0.25) is 0 Å². The van der Waals surface area contributed by atoms with Gasteiger partial charge in [-0.2, -0.15) is 5.26 Å². The van der Waals surface area contributed by atoms with Crippen molar-refractivity contribution in [2.45, 2.75) is 31.2 Å². The van der Waals surface area contributed by atoms with Gasteiger partial charge in [0.05, 0.1) is 11.3 Å². The highest BCUT2D eigenvalue weighted by atomic mass is 32.2. The van der Waals surface area contributed by atoms with Crippen LogP contribution < -0.4 is 4.90 Å². The molecule has 4 nitrogen and oxygen atoms in total. The molecule has 1 unspecified atom stereocenters. The Hall–Kier alpha value is -1.67. The molecule has 102 valence electrons. The number of anilines is 1. The smallest absolute Gasteiger partial charge is 0.323 e. The standard InChI is InChI=1S/C14H18N2O2S/c1-4-10(2)16(9-14(17)18)12-6-5-7-13(19-3)11(12)8-15/h5-7,10H,4,9H2,1-3H3,(H,17,18). The fourth-order valence-electron chi connectivity index (χ4n) is 1.89. The number of carbonyl (C=O) groups is 1. The van der Waals surface area contributed by atoms with Crippen molar-refractivity contribution in [3.05, 3.63) is 23.8 Å². The number of aliphatic carboxylic acids is 1. The Morgan fingerprint density at radius 2 is 2.26 bits per heavy atom. The summed E-state index contributed by atoms with van der Waals surface area (Å²) in [5.74, 6) is -0.890. The lowest BCUT2D eigenvalue weighted by Gasteiger charge is -2.30. The van der Waals surface area contributed by atoms with Gasteiger partial charge in [0, 0.05) is 10.9 Å². The second-order valence-electron chi connectivity index (χ2n) is 4.25. The molecule has 0 aliphatic heterocycles. The molecule has 1 atom stereocenters. The molecule has 5 heteroatoms. The van der Waals surface area contributed by atoms with Crippen LogP contribution >= 0.6 is 11.8 Å². The molecule has 0 bridgehead atoms. The summed E-state index contributed by atoms with van der Waals surface area (Å²) in [4.78, 5) is 13.7. The summed E-state index contributed by atoms with van der Waals surface area (Å²) in [5.41, 5.74) is 1.25. The minimum Gasteiger partial charge on any atom is -0.480 e. The predicted molar refractivity (Wildman–Crippen MR) is 77.7 cm³/mol. The zero-order valence-corrected chi connectivity index (χ0v) is 12.2. The summed E-state index contributed by atoms with van der Waals surface area (Å²) in [6.45, 7) is 3.88. The van der Waals surface area contributed by atoms with Gasteiger partial charge in [0.2, 0.25) is 0 Å². The maximum Gasteiger partial charge on any atom is 0.323 e. The third-order valence-electron chi connectivity index (χ3n) is 3.07. The SMILES string of the molecule is CCC(C)N(CC(=O)O)c1cccc(SC)c1C#N. The average molecular weight is 278 g/mol. The van der Waals surface area contributed by atoms with Crippen LogP contribution in [-0.2, 0) is 4.79 Å². The number of hydrogen-bond acceptors (Lipinski definition) is 4. The zero-order valence-electron chi connectivity index (χ0n) is 11.4. The number of rotatable bonds is 6. The highest BCUT2D eigenvalue weighted by Crippen LogP contribution is 2.30. The Morgan fingerprint density at radius 1 is 1.58 bits per heavy atom. The van der Waals surface area contributed by atoms with Crippen LogP contribution in [-0.4, -0.2) is 29.9 Å². The van der Waals surface area contributed by atoms with Gasteiger partial charge in [-0.15, -0.1) is 11.8 Å². The Kier molecular flexibility index (Phi) is 5.71. The van der Waals surface area contributed by atoms with E-state index in [-0.39, 0.29) is 12.6 Å². The maximum absolute atomic E-state index is 11.0. The van der Waals surface area contributed by atoms with Gasteiger partial charge < -0.3 is 10.0 Å². The Labute approximate surface area is 118 Å². The molecule has 0 radical (unpaired) electrons. The van der Waals surface area contributed by atoms with Crippen molar-refractivity contribution in [1.82, 2.24) is 0 Å². The van der Waals surface area contributed by atoms with E-state index >= 15 is 0 Å². The first-order valence-corrected chi connectivity index (χ1v) is 7.33. The van der Waals surface area contributed by atoms with Crippen molar-refractivity contribution in [2.75, 3.05) is 17.7 Å². The van der Waals surface area contributed by atoms with Gasteiger partial charge in [-0.1, -0.05) is 13.0 Å². The van der Waals surface area contributed by atoms with Gasteiger partial charge in [0.15, 0.2) is 0 Å². The van der Waals surface area contributed by atoms with Crippen LogP contribution in [0, 0.1) is 11.3 Å². The number of benzene rings is 1. The van der Waals surface area contributed by atoms with E-state index in [2.05, 4.69) is 6.07 Å². The first-order valence-electron chi connectivity index (χ1n) is 6.10. The molecule has 0 spiro atoms. The van der Waals surface area contributed by atoms with Crippen molar-refractivity contribution in [1.29, 1.82) is 5.26 Å². The number of hydrogen-bond donors (Lipinski definition) is 1. The van der Waals surface area contributed by atoms with Crippen LogP contribution in [0.25, 0.3) is 0 Å². The van der Waals surface area contributed by atoms with E-state index in [4.69, 9.17) is 5.11 Å². The Bertz CT molecular complexity index is 497. The van der Waals surface area contributed by atoms with E-state index in [1.54, 1.807) is 4.90 Å². The molecule has 0 saturated heterocycles. The lowest BCUT2D eigenvalue weighted by atomic mass is 10.1. The molecule has 1 aromatic rings. The minimum absolute atomic E-state index is 0.0697. The average Bonchev–Trinajstić information content (AvgIpc) is 2.42. The third kappa shape index (κ3) is 3.65. The molecule has 0 saturated carbocycles. The fraction of sp³-hybridized carbons (Fsp3) is 0.429. The monoisotopic (exact) mass is 278 g/mol. The number of nitrogens with zero attached hydrogens (tertiary/aromatic N) is 2. The second kappa shape index (κ2) is 7.05. The van der Waals surface area contributed by atoms with Crippen molar-refractivity contribution in [2.24, 2.45) is 0 Å². The zero-order chi connectivity index (χ0) is 14.4. The van der Waals surface area contributed by atoms with Crippen LogP contribution in [0.15, 0.2) is 23.1 Å². The molecular formula is C14H18N2O2S. The molecule has 19 heavy (non-hydrogen) atoms. The maximum atomic E-state index is 11.0. The number of thioether (sulfide) groups is 1. The number of nitriles is 1.